The van der Waals surface area contributed by atoms with Crippen LogP contribution in [0.25, 0.3) is 0 Å². The van der Waals surface area contributed by atoms with Crippen LogP contribution in [0.15, 0.2) is 12.4 Å². The highest BCUT2D eigenvalue weighted by Crippen LogP contribution is 2.01. The molecule has 0 saturated carbocycles. The predicted octanol–water partition coefficient (Wildman–Crippen LogP) is 0.485. The highest BCUT2D eigenvalue weighted by atomic mass is 15.2. The lowest BCUT2D eigenvalue weighted by Gasteiger charge is -2.21. The lowest BCUT2D eigenvalue weighted by atomic mass is 10.1. The highest BCUT2D eigenvalue weighted by Gasteiger charge is 2.17. The summed E-state index contributed by atoms with van der Waals surface area (Å²) in [7, 11) is 0. The SMILES string of the molecule is Cc1cncc([NH+]2CCCCC2)n1. The average molecular weight is 178 g/mol. The number of rotatable bonds is 1. The van der Waals surface area contributed by atoms with E-state index in [9.17, 15) is 0 Å². The summed E-state index contributed by atoms with van der Waals surface area (Å²) in [5.74, 6) is 1.12. The summed E-state index contributed by atoms with van der Waals surface area (Å²) in [6, 6.07) is 0. The van der Waals surface area contributed by atoms with E-state index in [1.165, 1.54) is 37.3 Å². The normalized spacial score (nSPS) is 18.8. The first-order valence-electron chi connectivity index (χ1n) is 5.00. The zero-order valence-electron chi connectivity index (χ0n) is 8.08. The number of nitrogens with zero attached hydrogens (tertiary/aromatic N) is 2. The molecule has 0 atom stereocenters. The van der Waals surface area contributed by atoms with E-state index in [0.717, 1.165) is 11.5 Å². The Morgan fingerprint density at radius 2 is 1.92 bits per heavy atom. The number of hydrogen-bond donors (Lipinski definition) is 1. The van der Waals surface area contributed by atoms with Gasteiger partial charge in [0.2, 0.25) is 5.82 Å². The van der Waals surface area contributed by atoms with Gasteiger partial charge in [0.15, 0.2) is 0 Å². The van der Waals surface area contributed by atoms with Crippen molar-refractivity contribution in [3.05, 3.63) is 18.1 Å². The molecule has 1 aromatic rings. The second-order valence-electron chi connectivity index (χ2n) is 3.71. The van der Waals surface area contributed by atoms with Gasteiger partial charge in [0.1, 0.15) is 6.20 Å². The third-order valence-corrected chi connectivity index (χ3v) is 2.57. The third-order valence-electron chi connectivity index (χ3n) is 2.57. The Balaban J connectivity index is 2.14. The number of piperidine rings is 1. The van der Waals surface area contributed by atoms with E-state index in [4.69, 9.17) is 0 Å². The fourth-order valence-corrected chi connectivity index (χ4v) is 1.87. The average Bonchev–Trinajstić information content (AvgIpc) is 2.19. The molecule has 1 saturated heterocycles. The van der Waals surface area contributed by atoms with E-state index in [1.807, 2.05) is 19.3 Å². The Bertz CT molecular complexity index is 279. The maximum absolute atomic E-state index is 4.50. The van der Waals surface area contributed by atoms with Crippen molar-refractivity contribution in [3.8, 4) is 0 Å². The van der Waals surface area contributed by atoms with Crippen LogP contribution in [-0.2, 0) is 0 Å². The Hall–Kier alpha value is -0.960. The molecular weight excluding hydrogens is 162 g/mol. The molecule has 0 bridgehead atoms. The van der Waals surface area contributed by atoms with Crippen LogP contribution in [0.2, 0.25) is 0 Å². The van der Waals surface area contributed by atoms with Crippen molar-refractivity contribution in [1.29, 1.82) is 0 Å². The van der Waals surface area contributed by atoms with E-state index in [0.29, 0.717) is 0 Å². The quantitative estimate of drug-likeness (QED) is 0.678. The molecular formula is C10H16N3+. The molecule has 70 valence electrons. The van der Waals surface area contributed by atoms with E-state index in [-0.39, 0.29) is 0 Å². The molecule has 0 radical (unpaired) electrons. The first-order chi connectivity index (χ1) is 6.36. The van der Waals surface area contributed by atoms with Gasteiger partial charge in [0.25, 0.3) is 0 Å². The second kappa shape index (κ2) is 3.83. The third kappa shape index (κ3) is 2.04. The molecule has 1 aromatic heterocycles. The van der Waals surface area contributed by atoms with Gasteiger partial charge < -0.3 is 0 Å². The molecule has 3 nitrogen and oxygen atoms in total. The predicted molar refractivity (Wildman–Crippen MR) is 51.0 cm³/mol. The topological polar surface area (TPSA) is 30.2 Å². The molecule has 0 aliphatic carbocycles. The van der Waals surface area contributed by atoms with Gasteiger partial charge in [-0.3, -0.25) is 9.88 Å². The molecule has 1 fully saturated rings. The van der Waals surface area contributed by atoms with Crippen molar-refractivity contribution < 1.29 is 4.90 Å². The fraction of sp³-hybridized carbons (Fsp3) is 0.600. The Kier molecular flexibility index (Phi) is 2.54. The molecule has 0 aromatic carbocycles. The minimum atomic E-state index is 1.02. The molecule has 1 aliphatic rings. The van der Waals surface area contributed by atoms with Gasteiger partial charge in [-0.2, -0.15) is 4.98 Å². The van der Waals surface area contributed by atoms with Crippen molar-refractivity contribution in [3.63, 3.8) is 0 Å². The number of quaternary nitrogens is 1. The summed E-state index contributed by atoms with van der Waals surface area (Å²) in [4.78, 5) is 10.2. The lowest BCUT2D eigenvalue weighted by Crippen LogP contribution is -3.08. The summed E-state index contributed by atoms with van der Waals surface area (Å²) in [5.41, 5.74) is 1.02. The minimum Gasteiger partial charge on any atom is -0.285 e. The first-order valence-corrected chi connectivity index (χ1v) is 5.00. The van der Waals surface area contributed by atoms with Gasteiger partial charge >= 0.3 is 0 Å². The second-order valence-corrected chi connectivity index (χ2v) is 3.71. The highest BCUT2D eigenvalue weighted by molar-refractivity contribution is 5.13. The monoisotopic (exact) mass is 178 g/mol. The summed E-state index contributed by atoms with van der Waals surface area (Å²) in [6.07, 6.45) is 7.74. The Labute approximate surface area is 78.8 Å². The Morgan fingerprint density at radius 1 is 1.15 bits per heavy atom. The standard InChI is InChI=1S/C10H15N3/c1-9-7-11-8-10(12-9)13-5-3-2-4-6-13/h7-8H,2-6H2,1H3/p+1. The van der Waals surface area contributed by atoms with E-state index in [2.05, 4.69) is 9.97 Å². The van der Waals surface area contributed by atoms with Gasteiger partial charge in [0, 0.05) is 6.20 Å². The van der Waals surface area contributed by atoms with Crippen LogP contribution in [0.4, 0.5) is 5.82 Å². The van der Waals surface area contributed by atoms with Gasteiger partial charge in [0.05, 0.1) is 18.8 Å². The molecule has 2 rings (SSSR count). The summed E-state index contributed by atoms with van der Waals surface area (Å²) in [5, 5.41) is 0. The lowest BCUT2D eigenvalue weighted by molar-refractivity contribution is -0.840. The van der Waals surface area contributed by atoms with Crippen LogP contribution in [0.1, 0.15) is 25.0 Å². The molecule has 2 heterocycles. The van der Waals surface area contributed by atoms with E-state index >= 15 is 0 Å². The van der Waals surface area contributed by atoms with Crippen molar-refractivity contribution in [2.24, 2.45) is 0 Å². The van der Waals surface area contributed by atoms with Crippen molar-refractivity contribution in [2.45, 2.75) is 26.2 Å². The molecule has 3 heteroatoms. The summed E-state index contributed by atoms with van der Waals surface area (Å²) in [6.45, 7) is 4.44. The van der Waals surface area contributed by atoms with Crippen molar-refractivity contribution in [2.75, 3.05) is 13.1 Å². The summed E-state index contributed by atoms with van der Waals surface area (Å²) >= 11 is 0. The largest absolute Gasteiger partial charge is 0.285 e. The maximum atomic E-state index is 4.50. The Morgan fingerprint density at radius 3 is 2.62 bits per heavy atom. The van der Waals surface area contributed by atoms with Gasteiger partial charge in [-0.15, -0.1) is 0 Å². The maximum Gasteiger partial charge on any atom is 0.244 e. The number of aryl methyl sites for hydroxylation is 1. The van der Waals surface area contributed by atoms with Crippen molar-refractivity contribution in [1.82, 2.24) is 9.97 Å². The number of nitrogens with one attached hydrogen (secondary N) is 1. The van der Waals surface area contributed by atoms with Gasteiger partial charge in [-0.1, -0.05) is 0 Å². The molecule has 1 aliphatic heterocycles. The summed E-state index contributed by atoms with van der Waals surface area (Å²) < 4.78 is 0. The number of aromatic nitrogens is 2. The van der Waals surface area contributed by atoms with Crippen LogP contribution >= 0.6 is 0 Å². The molecule has 13 heavy (non-hydrogen) atoms. The molecule has 0 unspecified atom stereocenters. The fourth-order valence-electron chi connectivity index (χ4n) is 1.87. The van der Waals surface area contributed by atoms with E-state index in [1.54, 1.807) is 0 Å². The van der Waals surface area contributed by atoms with Crippen LogP contribution < -0.4 is 4.90 Å². The van der Waals surface area contributed by atoms with Crippen LogP contribution in [0, 0.1) is 6.92 Å². The van der Waals surface area contributed by atoms with Gasteiger partial charge in [-0.05, 0) is 26.2 Å². The minimum absolute atomic E-state index is 1.02. The smallest absolute Gasteiger partial charge is 0.244 e. The molecule has 1 N–H and O–H groups in total. The van der Waals surface area contributed by atoms with Crippen LogP contribution in [0.5, 0.6) is 0 Å². The van der Waals surface area contributed by atoms with Crippen LogP contribution in [-0.4, -0.2) is 23.1 Å². The van der Waals surface area contributed by atoms with Gasteiger partial charge in [-0.25, -0.2) is 0 Å². The first kappa shape index (κ1) is 8.63. The zero-order chi connectivity index (χ0) is 9.10. The zero-order valence-corrected chi connectivity index (χ0v) is 8.08. The van der Waals surface area contributed by atoms with Crippen molar-refractivity contribution >= 4 is 5.82 Å². The molecule has 0 amide bonds. The van der Waals surface area contributed by atoms with Crippen LogP contribution in [0.3, 0.4) is 0 Å². The molecule has 0 spiro atoms. The number of hydrogen-bond acceptors (Lipinski definition) is 2. The van der Waals surface area contributed by atoms with E-state index < -0.39 is 0 Å².